The van der Waals surface area contributed by atoms with Gasteiger partial charge < -0.3 is 36.2 Å². The third-order valence-corrected chi connectivity index (χ3v) is 4.38. The number of unbranched alkanes of at least 4 members (excludes halogenated alkanes) is 4. The van der Waals surface area contributed by atoms with Crippen LogP contribution in [-0.4, -0.2) is 28.4 Å². The molecule has 176 valence electrons. The Bertz CT molecular complexity index is 612. The third kappa shape index (κ3) is 27.4. The number of carboxylic acid groups (broad SMARTS) is 2. The molecule has 0 bridgehead atoms. The number of hydrogen-bond acceptors (Lipinski definition) is 4. The summed E-state index contributed by atoms with van der Waals surface area (Å²) >= 11 is 0. The molecule has 2 aromatic carbocycles. The second-order valence-electron chi connectivity index (χ2n) is 6.84. The standard InChI is InChI=1S/2C12H16O2.2Na.3H2O/c2*13-12(14)10-6-2-5-9-11-7-3-1-4-8-11;;;;;/h2*1,3-4,7-8H,2,5-6,9-10H2,(H,13,14);;;3*1H2/q;;2*+1;;;/p-2. The van der Waals surface area contributed by atoms with Gasteiger partial charge in [-0.2, -0.15) is 0 Å². The second-order valence-corrected chi connectivity index (χ2v) is 6.84. The van der Waals surface area contributed by atoms with Crippen LogP contribution in [0.4, 0.5) is 0 Å². The Balaban J connectivity index is -0.000000138. The van der Waals surface area contributed by atoms with Gasteiger partial charge in [0.05, 0.1) is 0 Å². The quantitative estimate of drug-likeness (QED) is 0.217. The molecule has 0 unspecified atom stereocenters. The largest absolute Gasteiger partial charge is 1.00 e. The minimum atomic E-state index is -0.940. The predicted octanol–water partition coefficient (Wildman–Crippen LogP) is -5.39. The summed E-state index contributed by atoms with van der Waals surface area (Å²) in [5.41, 5.74) is 2.64. The number of carboxylic acids is 2. The molecule has 0 amide bonds. The van der Waals surface area contributed by atoms with Gasteiger partial charge in [-0.05, 0) is 62.5 Å². The van der Waals surface area contributed by atoms with Crippen LogP contribution >= 0.6 is 0 Å². The average Bonchev–Trinajstić information content (AvgIpc) is 2.69. The molecule has 0 saturated heterocycles. The van der Waals surface area contributed by atoms with Crippen LogP contribution in [0.3, 0.4) is 0 Å². The van der Waals surface area contributed by atoms with Crippen LogP contribution < -0.4 is 69.3 Å². The zero-order valence-corrected chi connectivity index (χ0v) is 24.0. The summed E-state index contributed by atoms with van der Waals surface area (Å²) < 4.78 is 0. The summed E-state index contributed by atoms with van der Waals surface area (Å²) in [6.07, 6.45) is 7.94. The van der Waals surface area contributed by atoms with Crippen LogP contribution in [0.5, 0.6) is 0 Å². The van der Waals surface area contributed by atoms with E-state index >= 15 is 0 Å². The number of aliphatic carboxylic acids is 2. The first-order chi connectivity index (χ1) is 13.6. The predicted molar refractivity (Wildman–Crippen MR) is 118 cm³/mol. The molecule has 0 spiro atoms. The van der Waals surface area contributed by atoms with E-state index in [1.165, 1.54) is 11.1 Å². The van der Waals surface area contributed by atoms with E-state index in [0.717, 1.165) is 51.4 Å². The van der Waals surface area contributed by atoms with Crippen LogP contribution in [0.1, 0.15) is 62.5 Å². The molecule has 9 heteroatoms. The maximum absolute atomic E-state index is 10.1. The Hall–Kier alpha value is -0.740. The van der Waals surface area contributed by atoms with Crippen LogP contribution in [0.25, 0.3) is 0 Å². The summed E-state index contributed by atoms with van der Waals surface area (Å²) in [5, 5.41) is 20.2. The van der Waals surface area contributed by atoms with E-state index in [-0.39, 0.29) is 88.4 Å². The van der Waals surface area contributed by atoms with Crippen molar-refractivity contribution in [1.82, 2.24) is 0 Å². The maximum Gasteiger partial charge on any atom is 1.00 e. The zero-order valence-electron chi connectivity index (χ0n) is 20.0. The Morgan fingerprint density at radius 2 is 0.818 bits per heavy atom. The molecule has 0 radical (unpaired) electrons. The molecular formula is C24H36Na2O7. The minimum Gasteiger partial charge on any atom is -0.550 e. The van der Waals surface area contributed by atoms with E-state index in [1.807, 2.05) is 36.4 Å². The van der Waals surface area contributed by atoms with Crippen LogP contribution in [0, 0.1) is 0 Å². The molecule has 2 rings (SSSR count). The molecule has 0 aromatic heterocycles. The first-order valence-electron chi connectivity index (χ1n) is 10.1. The summed E-state index contributed by atoms with van der Waals surface area (Å²) in [5.74, 6) is -1.88. The van der Waals surface area contributed by atoms with Crippen molar-refractivity contribution in [2.24, 2.45) is 0 Å². The topological polar surface area (TPSA) is 175 Å². The Morgan fingerprint density at radius 3 is 1.09 bits per heavy atom. The molecular weight excluding hydrogens is 446 g/mol. The van der Waals surface area contributed by atoms with Gasteiger partial charge in [0.2, 0.25) is 0 Å². The summed E-state index contributed by atoms with van der Waals surface area (Å²) in [4.78, 5) is 20.2. The fourth-order valence-corrected chi connectivity index (χ4v) is 2.84. The minimum absolute atomic E-state index is 0. The average molecular weight is 483 g/mol. The van der Waals surface area contributed by atoms with E-state index < -0.39 is 11.9 Å². The van der Waals surface area contributed by atoms with E-state index in [2.05, 4.69) is 24.3 Å². The zero-order chi connectivity index (χ0) is 20.5. The van der Waals surface area contributed by atoms with Gasteiger partial charge in [-0.25, -0.2) is 0 Å². The van der Waals surface area contributed by atoms with Gasteiger partial charge in [-0.15, -0.1) is 0 Å². The normalized spacial score (nSPS) is 8.48. The molecule has 0 fully saturated rings. The number of benzene rings is 2. The Morgan fingerprint density at radius 1 is 0.515 bits per heavy atom. The second kappa shape index (κ2) is 29.3. The van der Waals surface area contributed by atoms with Gasteiger partial charge in [0, 0.05) is 11.9 Å². The number of carbonyl (C=O) groups excluding carboxylic acids is 2. The molecule has 0 atom stereocenters. The van der Waals surface area contributed by atoms with Gasteiger partial charge in [0.15, 0.2) is 0 Å². The fraction of sp³-hybridized carbons (Fsp3) is 0.417. The fourth-order valence-electron chi connectivity index (χ4n) is 2.84. The third-order valence-electron chi connectivity index (χ3n) is 4.38. The van der Waals surface area contributed by atoms with Crippen molar-refractivity contribution in [3.05, 3.63) is 71.8 Å². The molecule has 0 saturated carbocycles. The van der Waals surface area contributed by atoms with Gasteiger partial charge >= 0.3 is 59.1 Å². The summed E-state index contributed by atoms with van der Waals surface area (Å²) in [7, 11) is 0. The molecule has 0 aliphatic carbocycles. The molecule has 7 nitrogen and oxygen atoms in total. The maximum atomic E-state index is 10.1. The molecule has 0 heterocycles. The van der Waals surface area contributed by atoms with Gasteiger partial charge in [-0.1, -0.05) is 73.5 Å². The smallest absolute Gasteiger partial charge is 0.550 e. The van der Waals surface area contributed by atoms with Crippen LogP contribution in [0.15, 0.2) is 60.7 Å². The van der Waals surface area contributed by atoms with Crippen LogP contribution in [-0.2, 0) is 22.4 Å². The molecule has 0 aliphatic rings. The van der Waals surface area contributed by atoms with E-state index in [9.17, 15) is 19.8 Å². The van der Waals surface area contributed by atoms with Crippen molar-refractivity contribution in [1.29, 1.82) is 0 Å². The van der Waals surface area contributed by atoms with E-state index in [4.69, 9.17) is 0 Å². The van der Waals surface area contributed by atoms with Crippen LogP contribution in [0.2, 0.25) is 0 Å². The monoisotopic (exact) mass is 482 g/mol. The first-order valence-corrected chi connectivity index (χ1v) is 10.1. The number of rotatable bonds is 12. The van der Waals surface area contributed by atoms with Crippen molar-refractivity contribution < 1.29 is 95.3 Å². The molecule has 33 heavy (non-hydrogen) atoms. The number of aryl methyl sites for hydroxylation is 2. The summed E-state index contributed by atoms with van der Waals surface area (Å²) in [6.45, 7) is 0. The van der Waals surface area contributed by atoms with Crippen molar-refractivity contribution in [2.45, 2.75) is 64.2 Å². The molecule has 2 aromatic rings. The number of carbonyl (C=O) groups is 2. The molecule has 0 aliphatic heterocycles. The van der Waals surface area contributed by atoms with Crippen molar-refractivity contribution in [3.8, 4) is 0 Å². The van der Waals surface area contributed by atoms with Gasteiger partial charge in [0.1, 0.15) is 0 Å². The Kier molecular flexibility index (Phi) is 37.7. The first kappa shape index (κ1) is 42.4. The van der Waals surface area contributed by atoms with Crippen molar-refractivity contribution in [2.75, 3.05) is 0 Å². The summed E-state index contributed by atoms with van der Waals surface area (Å²) in [6, 6.07) is 20.5. The van der Waals surface area contributed by atoms with Crippen molar-refractivity contribution >= 4 is 11.9 Å². The number of hydrogen-bond donors (Lipinski definition) is 0. The molecule has 6 N–H and O–H groups in total. The van der Waals surface area contributed by atoms with E-state index in [0.29, 0.717) is 0 Å². The SMILES string of the molecule is O.O.O.O=C([O-])CCCCCc1ccccc1.O=C([O-])CCCCCc1ccccc1.[Na+].[Na+]. The van der Waals surface area contributed by atoms with Gasteiger partial charge in [-0.3, -0.25) is 0 Å². The Labute approximate surface area is 241 Å². The van der Waals surface area contributed by atoms with Crippen molar-refractivity contribution in [3.63, 3.8) is 0 Å². The van der Waals surface area contributed by atoms with E-state index in [1.54, 1.807) is 0 Å². The van der Waals surface area contributed by atoms with Gasteiger partial charge in [0.25, 0.3) is 0 Å².